The Balaban J connectivity index is 1.58. The first-order chi connectivity index (χ1) is 12.5. The highest BCUT2D eigenvalue weighted by molar-refractivity contribution is 8.19. The minimum Gasteiger partial charge on any atom is -0.449 e. The van der Waals surface area contributed by atoms with Gasteiger partial charge in [-0.25, -0.2) is 9.18 Å². The summed E-state index contributed by atoms with van der Waals surface area (Å²) in [6.45, 7) is 1.45. The lowest BCUT2D eigenvalue weighted by molar-refractivity contribution is -0.123. The number of ether oxygens (including phenoxy) is 1. The van der Waals surface area contributed by atoms with Crippen LogP contribution < -0.4 is 5.32 Å². The summed E-state index contributed by atoms with van der Waals surface area (Å²) in [5.41, 5.74) is 1.60. The van der Waals surface area contributed by atoms with E-state index in [4.69, 9.17) is 4.74 Å². The highest BCUT2D eigenvalue weighted by Gasteiger charge is 2.21. The number of benzene rings is 2. The standard InChI is InChI=1S/C19H18FNO3S2/c1-12(17(22)21-16-5-3-2-4-15(16)20)24-18(23)13-6-8-14(9-7-13)19-25-10-11-26-19/h2-9,12,19H,10-11H2,1H3,(H,21,22). The Morgan fingerprint density at radius 3 is 2.42 bits per heavy atom. The number of carbonyl (C=O) groups is 2. The van der Waals surface area contributed by atoms with Crippen LogP contribution in [0.5, 0.6) is 0 Å². The average molecular weight is 391 g/mol. The number of para-hydroxylation sites is 1. The maximum absolute atomic E-state index is 13.6. The second kappa shape index (κ2) is 8.60. The summed E-state index contributed by atoms with van der Waals surface area (Å²) < 4.78 is 19.2. The van der Waals surface area contributed by atoms with E-state index < -0.39 is 23.8 Å². The summed E-state index contributed by atoms with van der Waals surface area (Å²) in [6.07, 6.45) is -1.04. The zero-order valence-corrected chi connectivity index (χ0v) is 15.7. The molecule has 0 bridgehead atoms. The first-order valence-corrected chi connectivity index (χ1v) is 10.2. The molecule has 1 atom stereocenters. The Morgan fingerprint density at radius 1 is 1.12 bits per heavy atom. The van der Waals surface area contributed by atoms with Gasteiger partial charge < -0.3 is 10.1 Å². The Labute approximate surface area is 159 Å². The molecule has 2 aromatic carbocycles. The minimum atomic E-state index is -1.04. The van der Waals surface area contributed by atoms with Gasteiger partial charge >= 0.3 is 5.97 Å². The molecule has 1 unspecified atom stereocenters. The van der Waals surface area contributed by atoms with Crippen molar-refractivity contribution in [2.24, 2.45) is 0 Å². The quantitative estimate of drug-likeness (QED) is 0.761. The van der Waals surface area contributed by atoms with Gasteiger partial charge in [0.05, 0.1) is 15.8 Å². The number of hydrogen-bond donors (Lipinski definition) is 1. The molecule has 26 heavy (non-hydrogen) atoms. The SMILES string of the molecule is CC(OC(=O)c1ccc(C2SCCS2)cc1)C(=O)Nc1ccccc1F. The van der Waals surface area contributed by atoms with Gasteiger partial charge in [-0.15, -0.1) is 23.5 Å². The fourth-order valence-electron chi connectivity index (χ4n) is 2.41. The number of halogens is 1. The van der Waals surface area contributed by atoms with Crippen molar-refractivity contribution in [2.75, 3.05) is 16.8 Å². The van der Waals surface area contributed by atoms with E-state index in [0.29, 0.717) is 10.1 Å². The number of carbonyl (C=O) groups excluding carboxylic acids is 2. The highest BCUT2D eigenvalue weighted by Crippen LogP contribution is 2.45. The van der Waals surface area contributed by atoms with Crippen molar-refractivity contribution >= 4 is 41.1 Å². The van der Waals surface area contributed by atoms with E-state index in [1.165, 1.54) is 30.7 Å². The lowest BCUT2D eigenvalue weighted by Gasteiger charge is -2.14. The van der Waals surface area contributed by atoms with Crippen LogP contribution >= 0.6 is 23.5 Å². The summed E-state index contributed by atoms with van der Waals surface area (Å²) in [5.74, 6) is 0.553. The zero-order chi connectivity index (χ0) is 18.5. The van der Waals surface area contributed by atoms with Gasteiger partial charge in [0.1, 0.15) is 5.82 Å². The molecule has 0 aromatic heterocycles. The van der Waals surface area contributed by atoms with Gasteiger partial charge in [-0.3, -0.25) is 4.79 Å². The van der Waals surface area contributed by atoms with Crippen LogP contribution in [0.1, 0.15) is 27.4 Å². The van der Waals surface area contributed by atoms with E-state index in [2.05, 4.69) is 5.32 Å². The Morgan fingerprint density at radius 2 is 1.77 bits per heavy atom. The molecule has 4 nitrogen and oxygen atoms in total. The van der Waals surface area contributed by atoms with Gasteiger partial charge in [0.15, 0.2) is 6.10 Å². The summed E-state index contributed by atoms with van der Waals surface area (Å²) in [7, 11) is 0. The molecule has 1 amide bonds. The van der Waals surface area contributed by atoms with E-state index in [1.54, 1.807) is 18.2 Å². The molecule has 136 valence electrons. The maximum Gasteiger partial charge on any atom is 0.338 e. The third-order valence-electron chi connectivity index (χ3n) is 3.83. The number of esters is 1. The van der Waals surface area contributed by atoms with Crippen molar-refractivity contribution in [1.29, 1.82) is 0 Å². The summed E-state index contributed by atoms with van der Waals surface area (Å²) in [6, 6.07) is 13.1. The van der Waals surface area contributed by atoms with Gasteiger partial charge in [-0.2, -0.15) is 0 Å². The van der Waals surface area contributed by atoms with Crippen LogP contribution in [0.25, 0.3) is 0 Å². The third kappa shape index (κ3) is 4.59. The van der Waals surface area contributed by atoms with Gasteiger partial charge in [0.25, 0.3) is 5.91 Å². The van der Waals surface area contributed by atoms with Crippen LogP contribution in [0.15, 0.2) is 48.5 Å². The predicted molar refractivity (Wildman–Crippen MR) is 104 cm³/mol. The maximum atomic E-state index is 13.6. The zero-order valence-electron chi connectivity index (χ0n) is 14.1. The van der Waals surface area contributed by atoms with Crippen molar-refractivity contribution in [1.82, 2.24) is 0 Å². The molecule has 3 rings (SSSR count). The third-order valence-corrected chi connectivity index (χ3v) is 6.93. The van der Waals surface area contributed by atoms with E-state index in [0.717, 1.165) is 11.5 Å². The first kappa shape index (κ1) is 18.8. The predicted octanol–water partition coefficient (Wildman–Crippen LogP) is 4.49. The lowest BCUT2D eigenvalue weighted by atomic mass is 10.1. The molecule has 0 aliphatic carbocycles. The molecule has 7 heteroatoms. The van der Waals surface area contributed by atoms with Gasteiger partial charge in [-0.1, -0.05) is 24.3 Å². The van der Waals surface area contributed by atoms with Crippen molar-refractivity contribution in [3.05, 3.63) is 65.5 Å². The van der Waals surface area contributed by atoms with E-state index in [1.807, 2.05) is 35.7 Å². The first-order valence-electron chi connectivity index (χ1n) is 8.14. The summed E-state index contributed by atoms with van der Waals surface area (Å²) >= 11 is 3.78. The summed E-state index contributed by atoms with van der Waals surface area (Å²) in [4.78, 5) is 24.3. The number of hydrogen-bond acceptors (Lipinski definition) is 5. The lowest BCUT2D eigenvalue weighted by Crippen LogP contribution is -2.30. The Kier molecular flexibility index (Phi) is 6.21. The van der Waals surface area contributed by atoms with E-state index in [-0.39, 0.29) is 5.69 Å². The normalized spacial score (nSPS) is 15.5. The average Bonchev–Trinajstić information content (AvgIpc) is 3.18. The molecular formula is C19H18FNO3S2. The molecule has 1 aliphatic heterocycles. The van der Waals surface area contributed by atoms with Crippen molar-refractivity contribution in [3.63, 3.8) is 0 Å². The van der Waals surface area contributed by atoms with Crippen LogP contribution in [0.4, 0.5) is 10.1 Å². The molecule has 0 spiro atoms. The molecule has 1 N–H and O–H groups in total. The topological polar surface area (TPSA) is 55.4 Å². The minimum absolute atomic E-state index is 0.0521. The number of thioether (sulfide) groups is 2. The van der Waals surface area contributed by atoms with Gasteiger partial charge in [0, 0.05) is 11.5 Å². The number of nitrogens with one attached hydrogen (secondary N) is 1. The van der Waals surface area contributed by atoms with Crippen LogP contribution in [-0.4, -0.2) is 29.5 Å². The molecule has 1 aliphatic rings. The largest absolute Gasteiger partial charge is 0.449 e. The molecule has 1 fully saturated rings. The van der Waals surface area contributed by atoms with Crippen molar-refractivity contribution < 1.29 is 18.7 Å². The molecule has 0 saturated carbocycles. The van der Waals surface area contributed by atoms with Crippen LogP contribution in [-0.2, 0) is 9.53 Å². The van der Waals surface area contributed by atoms with Crippen LogP contribution in [0.3, 0.4) is 0 Å². The molecule has 2 aromatic rings. The number of amides is 1. The number of rotatable bonds is 5. The number of anilines is 1. The molecular weight excluding hydrogens is 373 g/mol. The molecule has 1 heterocycles. The van der Waals surface area contributed by atoms with E-state index >= 15 is 0 Å². The fourth-order valence-corrected chi connectivity index (χ4v) is 5.27. The monoisotopic (exact) mass is 391 g/mol. The highest BCUT2D eigenvalue weighted by atomic mass is 32.2. The Hall–Kier alpha value is -1.99. The van der Waals surface area contributed by atoms with E-state index in [9.17, 15) is 14.0 Å². The van der Waals surface area contributed by atoms with Crippen LogP contribution in [0, 0.1) is 5.82 Å². The molecule has 0 radical (unpaired) electrons. The Bertz CT molecular complexity index is 792. The second-order valence-electron chi connectivity index (χ2n) is 5.71. The second-order valence-corrected chi connectivity index (χ2v) is 8.44. The smallest absolute Gasteiger partial charge is 0.338 e. The van der Waals surface area contributed by atoms with Crippen molar-refractivity contribution in [2.45, 2.75) is 17.6 Å². The van der Waals surface area contributed by atoms with Gasteiger partial charge in [0.2, 0.25) is 0 Å². The van der Waals surface area contributed by atoms with Crippen LogP contribution in [0.2, 0.25) is 0 Å². The summed E-state index contributed by atoms with van der Waals surface area (Å²) in [5, 5.41) is 2.42. The fraction of sp³-hybridized carbons (Fsp3) is 0.263. The molecule has 1 saturated heterocycles. The van der Waals surface area contributed by atoms with Crippen molar-refractivity contribution in [3.8, 4) is 0 Å². The van der Waals surface area contributed by atoms with Gasteiger partial charge in [-0.05, 0) is 36.8 Å².